The van der Waals surface area contributed by atoms with Crippen LogP contribution < -0.4 is 9.47 Å². The Morgan fingerprint density at radius 2 is 2.13 bits per heavy atom. The van der Waals surface area contributed by atoms with E-state index >= 15 is 0 Å². The van der Waals surface area contributed by atoms with Crippen LogP contribution in [0.3, 0.4) is 0 Å². The molecule has 120 valence electrons. The van der Waals surface area contributed by atoms with E-state index in [0.717, 1.165) is 42.2 Å². The topological polar surface area (TPSA) is 51.9 Å². The molecule has 1 fully saturated rings. The summed E-state index contributed by atoms with van der Waals surface area (Å²) in [5.74, 6) is 2.60. The molecule has 0 saturated carbocycles. The summed E-state index contributed by atoms with van der Waals surface area (Å²) in [6.07, 6.45) is 4.80. The van der Waals surface area contributed by atoms with Crippen molar-refractivity contribution in [1.82, 2.24) is 4.90 Å². The average Bonchev–Trinajstić information content (AvgIpc) is 3.32. The zero-order valence-corrected chi connectivity index (χ0v) is 12.9. The van der Waals surface area contributed by atoms with Crippen molar-refractivity contribution in [2.75, 3.05) is 13.3 Å². The van der Waals surface area contributed by atoms with Gasteiger partial charge in [-0.15, -0.1) is 0 Å². The van der Waals surface area contributed by atoms with Crippen LogP contribution in [-0.4, -0.2) is 24.1 Å². The number of furan rings is 1. The molecule has 1 atom stereocenters. The van der Waals surface area contributed by atoms with Crippen LogP contribution in [0.5, 0.6) is 11.5 Å². The van der Waals surface area contributed by atoms with Crippen molar-refractivity contribution in [1.29, 1.82) is 0 Å². The van der Waals surface area contributed by atoms with E-state index < -0.39 is 0 Å². The van der Waals surface area contributed by atoms with Gasteiger partial charge in [-0.05, 0) is 42.7 Å². The van der Waals surface area contributed by atoms with Crippen LogP contribution in [0.1, 0.15) is 36.6 Å². The van der Waals surface area contributed by atoms with Crippen molar-refractivity contribution in [3.05, 3.63) is 47.9 Å². The van der Waals surface area contributed by atoms with Crippen molar-refractivity contribution in [3.8, 4) is 11.5 Å². The number of rotatable bonds is 4. The second-order valence-electron chi connectivity index (χ2n) is 5.94. The third-order valence-corrected chi connectivity index (χ3v) is 4.52. The Morgan fingerprint density at radius 1 is 1.22 bits per heavy atom. The Morgan fingerprint density at radius 3 is 3.00 bits per heavy atom. The summed E-state index contributed by atoms with van der Waals surface area (Å²) < 4.78 is 16.1. The van der Waals surface area contributed by atoms with E-state index in [1.807, 2.05) is 35.2 Å². The van der Waals surface area contributed by atoms with Crippen LogP contribution in [0.4, 0.5) is 0 Å². The normalized spacial score (nSPS) is 19.3. The highest BCUT2D eigenvalue weighted by atomic mass is 16.7. The van der Waals surface area contributed by atoms with E-state index in [-0.39, 0.29) is 18.7 Å². The van der Waals surface area contributed by atoms with Crippen LogP contribution in [0.25, 0.3) is 0 Å². The maximum absolute atomic E-state index is 12.6. The number of aryl methyl sites for hydroxylation is 1. The molecule has 5 nitrogen and oxygen atoms in total. The number of carbonyl (C=O) groups is 1. The lowest BCUT2D eigenvalue weighted by Gasteiger charge is -2.25. The first kappa shape index (κ1) is 14.2. The molecule has 1 amide bonds. The Labute approximate surface area is 134 Å². The first-order valence-corrected chi connectivity index (χ1v) is 8.02. The van der Waals surface area contributed by atoms with Crippen molar-refractivity contribution in [3.63, 3.8) is 0 Å². The largest absolute Gasteiger partial charge is 0.469 e. The molecule has 1 aromatic heterocycles. The molecule has 0 bridgehead atoms. The maximum Gasteiger partial charge on any atom is 0.231 e. The molecule has 2 aromatic rings. The summed E-state index contributed by atoms with van der Waals surface area (Å²) in [5.41, 5.74) is 1.12. The second-order valence-corrected chi connectivity index (χ2v) is 5.94. The number of likely N-dealkylation sites (tertiary alicyclic amines) is 1. The predicted molar refractivity (Wildman–Crippen MR) is 83.3 cm³/mol. The Kier molecular flexibility index (Phi) is 3.69. The molecule has 23 heavy (non-hydrogen) atoms. The molecule has 5 heteroatoms. The summed E-state index contributed by atoms with van der Waals surface area (Å²) >= 11 is 0. The fourth-order valence-corrected chi connectivity index (χ4v) is 3.36. The third-order valence-electron chi connectivity index (χ3n) is 4.52. The SMILES string of the molecule is O=C(CCc1ccco1)N1CCC[C@@H]1c1ccc2c(c1)OCO2. The Hall–Kier alpha value is -2.43. The summed E-state index contributed by atoms with van der Waals surface area (Å²) in [6.45, 7) is 1.09. The monoisotopic (exact) mass is 313 g/mol. The van der Waals surface area contributed by atoms with Gasteiger partial charge < -0.3 is 18.8 Å². The van der Waals surface area contributed by atoms with Crippen LogP contribution in [0, 0.1) is 0 Å². The molecule has 0 spiro atoms. The Bertz CT molecular complexity index is 695. The van der Waals surface area contributed by atoms with E-state index in [4.69, 9.17) is 13.9 Å². The molecular weight excluding hydrogens is 294 g/mol. The molecule has 0 aliphatic carbocycles. The van der Waals surface area contributed by atoms with Crippen molar-refractivity contribution in [2.24, 2.45) is 0 Å². The average molecular weight is 313 g/mol. The van der Waals surface area contributed by atoms with Crippen LogP contribution in [0.2, 0.25) is 0 Å². The number of hydrogen-bond donors (Lipinski definition) is 0. The van der Waals surface area contributed by atoms with Gasteiger partial charge in [-0.25, -0.2) is 0 Å². The van der Waals surface area contributed by atoms with Gasteiger partial charge in [0.25, 0.3) is 0 Å². The van der Waals surface area contributed by atoms with Crippen molar-refractivity contribution < 1.29 is 18.7 Å². The number of carbonyl (C=O) groups excluding carboxylic acids is 1. The number of nitrogens with zero attached hydrogens (tertiary/aromatic N) is 1. The lowest BCUT2D eigenvalue weighted by Crippen LogP contribution is -2.30. The van der Waals surface area contributed by atoms with Gasteiger partial charge in [0.15, 0.2) is 11.5 Å². The number of amides is 1. The zero-order valence-electron chi connectivity index (χ0n) is 12.9. The summed E-state index contributed by atoms with van der Waals surface area (Å²) in [5, 5.41) is 0. The van der Waals surface area contributed by atoms with Gasteiger partial charge in [0.05, 0.1) is 12.3 Å². The van der Waals surface area contributed by atoms with Gasteiger partial charge >= 0.3 is 0 Å². The first-order chi connectivity index (χ1) is 11.3. The van der Waals surface area contributed by atoms with Crippen molar-refractivity contribution in [2.45, 2.75) is 31.7 Å². The molecule has 1 saturated heterocycles. The number of ether oxygens (including phenoxy) is 2. The fourth-order valence-electron chi connectivity index (χ4n) is 3.36. The summed E-state index contributed by atoms with van der Waals surface area (Å²) in [6, 6.07) is 9.87. The quantitative estimate of drug-likeness (QED) is 0.869. The Balaban J connectivity index is 1.46. The van der Waals surface area contributed by atoms with Gasteiger partial charge in [-0.3, -0.25) is 4.79 Å². The van der Waals surface area contributed by atoms with E-state index in [9.17, 15) is 4.79 Å². The van der Waals surface area contributed by atoms with Crippen LogP contribution in [0.15, 0.2) is 41.0 Å². The highest BCUT2D eigenvalue weighted by Gasteiger charge is 2.30. The molecule has 0 N–H and O–H groups in total. The minimum atomic E-state index is 0.133. The van der Waals surface area contributed by atoms with Gasteiger partial charge in [0, 0.05) is 19.4 Å². The minimum absolute atomic E-state index is 0.133. The van der Waals surface area contributed by atoms with Gasteiger partial charge in [0.2, 0.25) is 12.7 Å². The van der Waals surface area contributed by atoms with E-state index in [0.29, 0.717) is 12.8 Å². The molecule has 0 unspecified atom stereocenters. The molecule has 4 rings (SSSR count). The molecule has 2 aliphatic rings. The van der Waals surface area contributed by atoms with Gasteiger partial charge in [0.1, 0.15) is 5.76 Å². The predicted octanol–water partition coefficient (Wildman–Crippen LogP) is 3.30. The number of benzene rings is 1. The standard InChI is InChI=1S/C18H19NO4/c20-18(8-6-14-3-2-10-21-14)19-9-1-4-15(19)13-5-7-16-17(11-13)23-12-22-16/h2-3,5,7,10-11,15H,1,4,6,8-9,12H2/t15-/m1/s1. The van der Waals surface area contributed by atoms with E-state index in [1.165, 1.54) is 0 Å². The molecule has 2 aliphatic heterocycles. The van der Waals surface area contributed by atoms with Crippen LogP contribution >= 0.6 is 0 Å². The van der Waals surface area contributed by atoms with Gasteiger partial charge in [-0.1, -0.05) is 6.07 Å². The number of hydrogen-bond acceptors (Lipinski definition) is 4. The fraction of sp³-hybridized carbons (Fsp3) is 0.389. The minimum Gasteiger partial charge on any atom is -0.469 e. The van der Waals surface area contributed by atoms with Crippen molar-refractivity contribution >= 4 is 5.91 Å². The van der Waals surface area contributed by atoms with Gasteiger partial charge in [-0.2, -0.15) is 0 Å². The summed E-state index contributed by atoms with van der Waals surface area (Å²) in [4.78, 5) is 14.6. The molecule has 0 radical (unpaired) electrons. The maximum atomic E-state index is 12.6. The lowest BCUT2D eigenvalue weighted by atomic mass is 10.0. The smallest absolute Gasteiger partial charge is 0.231 e. The summed E-state index contributed by atoms with van der Waals surface area (Å²) in [7, 11) is 0. The second kappa shape index (κ2) is 5.99. The molecule has 3 heterocycles. The van der Waals surface area contributed by atoms with E-state index in [2.05, 4.69) is 0 Å². The highest BCUT2D eigenvalue weighted by molar-refractivity contribution is 5.77. The third kappa shape index (κ3) is 2.79. The van der Waals surface area contributed by atoms with E-state index in [1.54, 1.807) is 6.26 Å². The molecular formula is C18H19NO4. The van der Waals surface area contributed by atoms with Crippen LogP contribution in [-0.2, 0) is 11.2 Å². The lowest BCUT2D eigenvalue weighted by molar-refractivity contribution is -0.132. The first-order valence-electron chi connectivity index (χ1n) is 8.02. The number of fused-ring (bicyclic) bond motifs is 1. The zero-order chi connectivity index (χ0) is 15.6. The molecule has 1 aromatic carbocycles. The highest BCUT2D eigenvalue weighted by Crippen LogP contribution is 2.39.